The lowest BCUT2D eigenvalue weighted by atomic mass is 10.1. The molecule has 0 aliphatic rings. The van der Waals surface area contributed by atoms with Crippen LogP contribution in [0.1, 0.15) is 96.1 Å². The van der Waals surface area contributed by atoms with Crippen LogP contribution in [0.4, 0.5) is 4.79 Å². The number of methoxy groups -OCH3 is 1. The van der Waals surface area contributed by atoms with Crippen molar-refractivity contribution in [1.29, 1.82) is 0 Å². The monoisotopic (exact) mass is 604 g/mol. The molecule has 0 aliphatic heterocycles. The van der Waals surface area contributed by atoms with Crippen LogP contribution in [0.3, 0.4) is 0 Å². The second-order valence-electron chi connectivity index (χ2n) is 11.7. The van der Waals surface area contributed by atoms with Crippen molar-refractivity contribution in [2.45, 2.75) is 104 Å². The summed E-state index contributed by atoms with van der Waals surface area (Å²) in [5.74, 6) is -0.315. The minimum Gasteiger partial charge on any atom is -1.00 e. The van der Waals surface area contributed by atoms with Gasteiger partial charge in [0.2, 0.25) is 0 Å². The number of amides is 1. The fraction of sp³-hybridized carbons (Fsp3) is 0.618. The summed E-state index contributed by atoms with van der Waals surface area (Å²) in [5, 5.41) is 0. The first-order valence-electron chi connectivity index (χ1n) is 15.4. The molecule has 2 rings (SSSR count). The molecule has 7 nitrogen and oxygen atoms in total. The summed E-state index contributed by atoms with van der Waals surface area (Å²) < 4.78 is 18.3. The Morgan fingerprint density at radius 2 is 1.40 bits per heavy atom. The minimum absolute atomic E-state index is 0. The van der Waals surface area contributed by atoms with Crippen molar-refractivity contribution in [1.82, 2.24) is 4.90 Å². The van der Waals surface area contributed by atoms with E-state index in [0.717, 1.165) is 51.9 Å². The predicted octanol–water partition coefficient (Wildman–Crippen LogP) is 3.90. The van der Waals surface area contributed by atoms with Gasteiger partial charge in [-0.3, -0.25) is 4.79 Å². The summed E-state index contributed by atoms with van der Waals surface area (Å²) in [6, 6.07) is 14.8. The topological polar surface area (TPSA) is 69.0 Å². The molecule has 0 fully saturated rings. The molecule has 0 atom stereocenters. The van der Waals surface area contributed by atoms with Crippen molar-refractivity contribution in [2.24, 2.45) is 0 Å². The van der Waals surface area contributed by atoms with Crippen molar-refractivity contribution in [3.05, 3.63) is 66.0 Å². The molecule has 0 spiro atoms. The van der Waals surface area contributed by atoms with Gasteiger partial charge < -0.3 is 31.5 Å². The van der Waals surface area contributed by atoms with E-state index in [-0.39, 0.29) is 30.9 Å². The van der Waals surface area contributed by atoms with Crippen LogP contribution in [0.15, 0.2) is 54.9 Å². The molecule has 42 heavy (non-hydrogen) atoms. The molecular formula is C34H53ClN2O5. The van der Waals surface area contributed by atoms with Crippen LogP contribution < -0.4 is 17.0 Å². The zero-order valence-electron chi connectivity index (χ0n) is 26.3. The Balaban J connectivity index is 0.00000882. The molecule has 0 aliphatic carbocycles. The molecule has 0 saturated carbocycles. The Hall–Kier alpha value is -2.64. The molecule has 8 heteroatoms. The summed E-state index contributed by atoms with van der Waals surface area (Å²) in [7, 11) is 1.36. The lowest BCUT2D eigenvalue weighted by molar-refractivity contribution is -0.688. The highest BCUT2D eigenvalue weighted by Crippen LogP contribution is 2.13. The quantitative estimate of drug-likeness (QED) is 0.130. The normalized spacial score (nSPS) is 11.0. The van der Waals surface area contributed by atoms with E-state index in [2.05, 4.69) is 59.4 Å². The van der Waals surface area contributed by atoms with Crippen molar-refractivity contribution < 1.29 is 40.8 Å². The summed E-state index contributed by atoms with van der Waals surface area (Å²) >= 11 is 0. The van der Waals surface area contributed by atoms with Gasteiger partial charge in [-0.2, -0.15) is 0 Å². The molecule has 0 bridgehead atoms. The third kappa shape index (κ3) is 18.0. The van der Waals surface area contributed by atoms with Gasteiger partial charge in [0, 0.05) is 43.3 Å². The van der Waals surface area contributed by atoms with Gasteiger partial charge in [0.05, 0.1) is 20.1 Å². The van der Waals surface area contributed by atoms with Gasteiger partial charge in [0.25, 0.3) is 0 Å². The number of pyridine rings is 1. The van der Waals surface area contributed by atoms with Crippen LogP contribution in [0, 0.1) is 0 Å². The Bertz CT molecular complexity index is 997. The number of ether oxygens (including phenoxy) is 3. The summed E-state index contributed by atoms with van der Waals surface area (Å²) in [4.78, 5) is 25.6. The smallest absolute Gasteiger partial charge is 0.410 e. The van der Waals surface area contributed by atoms with Crippen molar-refractivity contribution in [3.8, 4) is 0 Å². The Kier molecular flexibility index (Phi) is 19.6. The molecule has 2 aromatic rings. The van der Waals surface area contributed by atoms with Gasteiger partial charge in [-0.1, -0.05) is 75.3 Å². The zero-order valence-corrected chi connectivity index (χ0v) is 27.1. The molecule has 0 radical (unpaired) electrons. The first-order valence-corrected chi connectivity index (χ1v) is 15.4. The molecule has 236 valence electrons. The Morgan fingerprint density at radius 1 is 0.786 bits per heavy atom. The second kappa shape index (κ2) is 22.0. The molecular weight excluding hydrogens is 552 g/mol. The SMILES string of the molecule is COC(=O)CCN(CCCCCCCCCCCOCCc1ccc[n+](Cc2ccccc2)c1)C(=O)OC(C)(C)C.[Cl-]. The number of hydrogen-bond donors (Lipinski definition) is 0. The maximum Gasteiger partial charge on any atom is 0.410 e. The number of esters is 1. The highest BCUT2D eigenvalue weighted by Gasteiger charge is 2.22. The highest BCUT2D eigenvalue weighted by atomic mass is 35.5. The number of hydrogen-bond acceptors (Lipinski definition) is 5. The number of carbonyl (C=O) groups is 2. The lowest BCUT2D eigenvalue weighted by Gasteiger charge is -2.27. The van der Waals surface area contributed by atoms with Gasteiger partial charge in [-0.15, -0.1) is 0 Å². The first kappa shape index (κ1) is 37.4. The van der Waals surface area contributed by atoms with Gasteiger partial charge in [-0.05, 0) is 39.7 Å². The number of rotatable bonds is 20. The predicted molar refractivity (Wildman–Crippen MR) is 163 cm³/mol. The zero-order chi connectivity index (χ0) is 29.8. The minimum atomic E-state index is -0.554. The van der Waals surface area contributed by atoms with Crippen LogP contribution in [0.25, 0.3) is 0 Å². The van der Waals surface area contributed by atoms with E-state index in [4.69, 9.17) is 14.2 Å². The average molecular weight is 605 g/mol. The van der Waals surface area contributed by atoms with E-state index < -0.39 is 5.60 Å². The van der Waals surface area contributed by atoms with Crippen LogP contribution >= 0.6 is 0 Å². The number of carbonyl (C=O) groups excluding carboxylic acids is 2. The first-order chi connectivity index (χ1) is 19.8. The van der Waals surface area contributed by atoms with Crippen LogP contribution in [0.5, 0.6) is 0 Å². The molecule has 1 heterocycles. The van der Waals surface area contributed by atoms with E-state index >= 15 is 0 Å². The highest BCUT2D eigenvalue weighted by molar-refractivity contribution is 5.72. The summed E-state index contributed by atoms with van der Waals surface area (Å²) in [6.45, 7) is 8.97. The van der Waals surface area contributed by atoms with E-state index in [1.165, 1.54) is 50.3 Å². The maximum absolute atomic E-state index is 12.5. The number of nitrogens with zero attached hydrogens (tertiary/aromatic N) is 2. The number of halogens is 1. The van der Waals surface area contributed by atoms with Crippen LogP contribution in [-0.4, -0.2) is 56.0 Å². The van der Waals surface area contributed by atoms with Crippen molar-refractivity contribution in [3.63, 3.8) is 0 Å². The van der Waals surface area contributed by atoms with Gasteiger partial charge in [0.15, 0.2) is 18.9 Å². The summed E-state index contributed by atoms with van der Waals surface area (Å²) in [5.41, 5.74) is 2.06. The molecule has 1 aromatic heterocycles. The van der Waals surface area contributed by atoms with E-state index in [9.17, 15) is 9.59 Å². The van der Waals surface area contributed by atoms with Crippen LogP contribution in [0.2, 0.25) is 0 Å². The largest absolute Gasteiger partial charge is 1.00 e. The summed E-state index contributed by atoms with van der Waals surface area (Å²) in [6.07, 6.45) is 15.5. The van der Waals surface area contributed by atoms with Gasteiger partial charge in [-0.25, -0.2) is 9.36 Å². The molecule has 0 saturated heterocycles. The molecule has 0 unspecified atom stereocenters. The standard InChI is InChI=1S/C34H53N2O5.ClH/c1-34(2,3)41-33(38)36(25-21-32(37)39-4)24-15-10-8-6-5-7-9-11-16-26-40-27-22-31-20-17-23-35(29-31)28-30-18-13-12-14-19-30;/h12-14,17-20,23,29H,5-11,15-16,21-22,24-28H2,1-4H3;1H/q+1;/p-1. The average Bonchev–Trinajstić information content (AvgIpc) is 2.94. The molecule has 0 N–H and O–H groups in total. The van der Waals surface area contributed by atoms with Crippen molar-refractivity contribution >= 4 is 12.1 Å². The number of benzene rings is 1. The molecule has 1 amide bonds. The maximum atomic E-state index is 12.5. The third-order valence-corrected chi connectivity index (χ3v) is 6.84. The van der Waals surface area contributed by atoms with E-state index in [0.29, 0.717) is 13.1 Å². The Morgan fingerprint density at radius 3 is 2.05 bits per heavy atom. The number of aromatic nitrogens is 1. The molecule has 1 aromatic carbocycles. The van der Waals surface area contributed by atoms with E-state index in [1.807, 2.05) is 20.8 Å². The van der Waals surface area contributed by atoms with E-state index in [1.54, 1.807) is 4.90 Å². The van der Waals surface area contributed by atoms with Crippen LogP contribution in [-0.2, 0) is 32.0 Å². The fourth-order valence-corrected chi connectivity index (χ4v) is 4.60. The number of unbranched alkanes of at least 4 members (excludes halogenated alkanes) is 8. The fourth-order valence-electron chi connectivity index (χ4n) is 4.60. The second-order valence-corrected chi connectivity index (χ2v) is 11.7. The van der Waals surface area contributed by atoms with Gasteiger partial charge >= 0.3 is 12.1 Å². The lowest BCUT2D eigenvalue weighted by Crippen LogP contribution is -3.00. The third-order valence-electron chi connectivity index (χ3n) is 6.84. The Labute approximate surface area is 260 Å². The van der Waals surface area contributed by atoms with Gasteiger partial charge in [0.1, 0.15) is 5.60 Å². The van der Waals surface area contributed by atoms with Crippen molar-refractivity contribution in [2.75, 3.05) is 33.4 Å².